The molecule has 0 radical (unpaired) electrons. The Bertz CT molecular complexity index is 732. The highest BCUT2D eigenvalue weighted by Gasteiger charge is 2.59. The second-order valence-corrected chi connectivity index (χ2v) is 12.4. The average Bonchev–Trinajstić information content (AvgIpc) is 3.10. The van der Waals surface area contributed by atoms with Gasteiger partial charge in [0.25, 0.3) is 0 Å². The number of nitrogens with zero attached hydrogens (tertiary/aromatic N) is 1. The first-order valence-corrected chi connectivity index (χ1v) is 13.4. The molecule has 1 N–H and O–H groups in total. The summed E-state index contributed by atoms with van der Waals surface area (Å²) in [6, 6.07) is 0.0815. The van der Waals surface area contributed by atoms with Crippen LogP contribution in [0.2, 0.25) is 0 Å². The molecule has 0 spiro atoms. The zero-order valence-corrected chi connectivity index (χ0v) is 21.4. The summed E-state index contributed by atoms with van der Waals surface area (Å²) in [5.74, 6) is 3.84. The van der Waals surface area contributed by atoms with Gasteiger partial charge in [-0.15, -0.1) is 0 Å². The topological polar surface area (TPSA) is 49.8 Å². The fourth-order valence-electron chi connectivity index (χ4n) is 8.88. The third-order valence-corrected chi connectivity index (χ3v) is 10.6. The number of hydrogen-bond acceptors (Lipinski definition) is 3. The van der Waals surface area contributed by atoms with Gasteiger partial charge in [0, 0.05) is 6.42 Å². The quantitative estimate of drug-likeness (QED) is 0.394. The summed E-state index contributed by atoms with van der Waals surface area (Å²) in [5.41, 5.74) is 2.30. The predicted molar refractivity (Wildman–Crippen MR) is 129 cm³/mol. The van der Waals surface area contributed by atoms with Crippen molar-refractivity contribution in [1.82, 2.24) is 5.06 Å². The molecule has 0 aliphatic heterocycles. The Balaban J connectivity index is 1.44. The summed E-state index contributed by atoms with van der Waals surface area (Å²) in [6.07, 6.45) is 13.6. The lowest BCUT2D eigenvalue weighted by Gasteiger charge is -2.58. The van der Waals surface area contributed by atoms with Crippen molar-refractivity contribution in [2.75, 3.05) is 7.11 Å². The molecule has 1 amide bonds. The lowest BCUT2D eigenvalue weighted by molar-refractivity contribution is -0.185. The van der Waals surface area contributed by atoms with E-state index in [1.807, 2.05) is 13.8 Å². The Morgan fingerprint density at radius 1 is 1.16 bits per heavy atom. The predicted octanol–water partition coefficient (Wildman–Crippen LogP) is 6.14. The molecule has 0 unspecified atom stereocenters. The minimum Gasteiger partial charge on any atom is -0.393 e. The molecule has 0 aromatic carbocycles. The molecule has 3 saturated carbocycles. The van der Waals surface area contributed by atoms with Crippen LogP contribution in [0.3, 0.4) is 0 Å². The molecule has 0 saturated heterocycles. The summed E-state index contributed by atoms with van der Waals surface area (Å²) in [7, 11) is 1.60. The fourth-order valence-corrected chi connectivity index (χ4v) is 8.88. The van der Waals surface area contributed by atoms with Crippen LogP contribution < -0.4 is 0 Å². The number of hydrogen-bond donors (Lipinski definition) is 1. The molecule has 4 aliphatic carbocycles. The van der Waals surface area contributed by atoms with Crippen molar-refractivity contribution in [3.8, 4) is 0 Å². The lowest BCUT2D eigenvalue weighted by Crippen LogP contribution is -2.50. The fraction of sp³-hybridized carbons (Fsp3) is 0.893. The van der Waals surface area contributed by atoms with Gasteiger partial charge in [-0.3, -0.25) is 9.63 Å². The molecule has 0 aromatic rings. The van der Waals surface area contributed by atoms with Crippen LogP contribution in [0.25, 0.3) is 0 Å². The van der Waals surface area contributed by atoms with Crippen LogP contribution in [-0.2, 0) is 9.63 Å². The first-order chi connectivity index (χ1) is 15.1. The molecule has 0 heterocycles. The van der Waals surface area contributed by atoms with E-state index >= 15 is 0 Å². The molecule has 4 rings (SSSR count). The standard InChI is InChI=1S/C28H47NO3/c1-18(2)29(32-6)26(31)12-7-19(3)23-10-11-24-22-9-8-20-17-21(30)13-15-27(20,4)25(22)14-16-28(23,24)5/h8,18-19,21-25,30H,7,9-17H2,1-6H3/t19-,21+,22+,23-,24+,25+,27+,28-/m1/s1. The second-order valence-electron chi connectivity index (χ2n) is 12.4. The molecular formula is C28H47NO3. The van der Waals surface area contributed by atoms with Gasteiger partial charge in [0.15, 0.2) is 0 Å². The van der Waals surface area contributed by atoms with Crippen LogP contribution in [0.4, 0.5) is 0 Å². The van der Waals surface area contributed by atoms with E-state index in [2.05, 4.69) is 26.8 Å². The van der Waals surface area contributed by atoms with E-state index in [4.69, 9.17) is 4.84 Å². The lowest BCUT2D eigenvalue weighted by atomic mass is 9.47. The Hall–Kier alpha value is -0.870. The zero-order chi connectivity index (χ0) is 23.3. The Labute approximate surface area is 196 Å². The number of rotatable bonds is 6. The van der Waals surface area contributed by atoms with Crippen molar-refractivity contribution in [2.45, 2.75) is 111 Å². The van der Waals surface area contributed by atoms with E-state index in [9.17, 15) is 9.90 Å². The van der Waals surface area contributed by atoms with Crippen molar-refractivity contribution in [3.63, 3.8) is 0 Å². The van der Waals surface area contributed by atoms with Gasteiger partial charge < -0.3 is 5.11 Å². The van der Waals surface area contributed by atoms with E-state index in [-0.39, 0.29) is 18.1 Å². The van der Waals surface area contributed by atoms with Crippen LogP contribution in [0.15, 0.2) is 11.6 Å². The molecule has 4 nitrogen and oxygen atoms in total. The first-order valence-electron chi connectivity index (χ1n) is 13.4. The minimum atomic E-state index is -0.121. The number of amides is 1. The maximum Gasteiger partial charge on any atom is 0.246 e. The summed E-state index contributed by atoms with van der Waals surface area (Å²) in [4.78, 5) is 18.0. The zero-order valence-electron chi connectivity index (χ0n) is 21.4. The molecule has 4 heteroatoms. The van der Waals surface area contributed by atoms with E-state index in [1.54, 1.807) is 12.7 Å². The van der Waals surface area contributed by atoms with Gasteiger partial charge in [0.05, 0.1) is 19.3 Å². The number of aliphatic hydroxyl groups excluding tert-OH is 1. The molecule has 3 fully saturated rings. The number of aliphatic hydroxyl groups is 1. The van der Waals surface area contributed by atoms with Crippen LogP contribution in [0.1, 0.15) is 98.8 Å². The van der Waals surface area contributed by atoms with Crippen molar-refractivity contribution in [2.24, 2.45) is 40.4 Å². The highest BCUT2D eigenvalue weighted by atomic mass is 16.7. The third kappa shape index (κ3) is 3.98. The Morgan fingerprint density at radius 3 is 2.59 bits per heavy atom. The number of allylic oxidation sites excluding steroid dienone is 1. The molecule has 0 aromatic heterocycles. The van der Waals surface area contributed by atoms with Gasteiger partial charge >= 0.3 is 0 Å². The second kappa shape index (κ2) is 9.06. The summed E-state index contributed by atoms with van der Waals surface area (Å²) in [6.45, 7) is 11.5. The van der Waals surface area contributed by atoms with E-state index in [1.165, 1.54) is 43.6 Å². The van der Waals surface area contributed by atoms with E-state index in [0.717, 1.165) is 42.9 Å². The minimum absolute atomic E-state index is 0.0815. The Kier molecular flexibility index (Phi) is 6.87. The SMILES string of the molecule is CON(C(=O)CC[C@@H](C)[C@H]1CC[C@H]2[C@@H]3CC=C4C[C@@H](O)CC[C@]4(C)[C@H]3CC[C@]12C)C(C)C. The summed E-state index contributed by atoms with van der Waals surface area (Å²) < 4.78 is 0. The monoisotopic (exact) mass is 445 g/mol. The van der Waals surface area contributed by atoms with Crippen LogP contribution >= 0.6 is 0 Å². The smallest absolute Gasteiger partial charge is 0.246 e. The number of fused-ring (bicyclic) bond motifs is 5. The first kappa shape index (κ1) is 24.3. The largest absolute Gasteiger partial charge is 0.393 e. The molecule has 32 heavy (non-hydrogen) atoms. The van der Waals surface area contributed by atoms with Gasteiger partial charge in [-0.1, -0.05) is 32.4 Å². The number of hydroxylamine groups is 2. The molecular weight excluding hydrogens is 398 g/mol. The average molecular weight is 446 g/mol. The highest BCUT2D eigenvalue weighted by molar-refractivity contribution is 5.75. The van der Waals surface area contributed by atoms with Gasteiger partial charge in [-0.05, 0) is 112 Å². The van der Waals surface area contributed by atoms with E-state index in [0.29, 0.717) is 23.2 Å². The van der Waals surface area contributed by atoms with Crippen LogP contribution in [0, 0.1) is 40.4 Å². The van der Waals surface area contributed by atoms with Crippen LogP contribution in [0.5, 0.6) is 0 Å². The van der Waals surface area contributed by atoms with Crippen molar-refractivity contribution < 1.29 is 14.7 Å². The third-order valence-electron chi connectivity index (χ3n) is 10.6. The van der Waals surface area contributed by atoms with Gasteiger partial charge in [-0.25, -0.2) is 5.06 Å². The maximum absolute atomic E-state index is 12.7. The summed E-state index contributed by atoms with van der Waals surface area (Å²) >= 11 is 0. The molecule has 182 valence electrons. The van der Waals surface area contributed by atoms with Crippen molar-refractivity contribution >= 4 is 5.91 Å². The summed E-state index contributed by atoms with van der Waals surface area (Å²) in [5, 5.41) is 11.8. The van der Waals surface area contributed by atoms with Crippen LogP contribution in [-0.4, -0.2) is 35.3 Å². The molecule has 8 atom stereocenters. The Morgan fingerprint density at radius 2 is 1.91 bits per heavy atom. The van der Waals surface area contributed by atoms with Crippen molar-refractivity contribution in [1.29, 1.82) is 0 Å². The molecule has 0 bridgehead atoms. The van der Waals surface area contributed by atoms with Crippen molar-refractivity contribution in [3.05, 3.63) is 11.6 Å². The van der Waals surface area contributed by atoms with Gasteiger partial charge in [0.2, 0.25) is 5.91 Å². The normalized spacial score (nSPS) is 42.0. The van der Waals surface area contributed by atoms with Gasteiger partial charge in [-0.2, -0.15) is 0 Å². The number of carbonyl (C=O) groups is 1. The van der Waals surface area contributed by atoms with Gasteiger partial charge in [0.1, 0.15) is 0 Å². The molecule has 4 aliphatic rings. The van der Waals surface area contributed by atoms with E-state index < -0.39 is 0 Å². The highest BCUT2D eigenvalue weighted by Crippen LogP contribution is 2.67. The number of carbonyl (C=O) groups excluding carboxylic acids is 1. The maximum atomic E-state index is 12.7.